The number of hydrogen-bond donors (Lipinski definition) is 1. The smallest absolute Gasteiger partial charge is 0.219 e. The molecule has 3 heteroatoms. The number of carbonyl (C=O) groups is 1. The minimum atomic E-state index is -1.30. The number of aryl methyl sites for hydroxylation is 1. The van der Waals surface area contributed by atoms with Crippen molar-refractivity contribution in [2.45, 2.75) is 103 Å². The van der Waals surface area contributed by atoms with Gasteiger partial charge in [-0.25, -0.2) is 0 Å². The Bertz CT molecular complexity index is 785. The molecule has 2 aromatic carbocycles. The van der Waals surface area contributed by atoms with Gasteiger partial charge in [0.15, 0.2) is 0 Å². The lowest BCUT2D eigenvalue weighted by Gasteiger charge is -2.23. The summed E-state index contributed by atoms with van der Waals surface area (Å²) in [5, 5.41) is 3.25. The molecule has 0 spiro atoms. The molecule has 0 aliphatic rings. The Hall–Kier alpha value is -1.87. The predicted octanol–water partition coefficient (Wildman–Crippen LogP) is 8.48. The summed E-state index contributed by atoms with van der Waals surface area (Å²) in [5.41, 5.74) is 3.78. The van der Waals surface area contributed by atoms with Crippen LogP contribution >= 0.6 is 0 Å². The van der Waals surface area contributed by atoms with E-state index in [1.807, 2.05) is 6.07 Å². The Kier molecular flexibility index (Phi) is 12.5. The molecule has 0 fully saturated rings. The Morgan fingerprint density at radius 2 is 1.36 bits per heavy atom. The van der Waals surface area contributed by atoms with Crippen LogP contribution < -0.4 is 5.32 Å². The van der Waals surface area contributed by atoms with Gasteiger partial charge in [-0.15, -0.1) is 0 Å². The lowest BCUT2D eigenvalue weighted by Crippen LogP contribution is -2.32. The van der Waals surface area contributed by atoms with Gasteiger partial charge in [-0.1, -0.05) is 138 Å². The van der Waals surface area contributed by atoms with E-state index in [0.29, 0.717) is 13.0 Å². The van der Waals surface area contributed by atoms with Gasteiger partial charge >= 0.3 is 0 Å². The maximum absolute atomic E-state index is 12.7. The SMILES string of the molecule is CCCCCCCCCC[Si](C)(C)CCC(=O)NCC(c1ccccc1)c1ccc(C)cc1. The highest BCUT2D eigenvalue weighted by Crippen LogP contribution is 2.25. The Morgan fingerprint density at radius 1 is 0.788 bits per heavy atom. The monoisotopic (exact) mass is 465 g/mol. The topological polar surface area (TPSA) is 29.1 Å². The number of amides is 1. The van der Waals surface area contributed by atoms with Gasteiger partial charge in [0.1, 0.15) is 0 Å². The van der Waals surface area contributed by atoms with Gasteiger partial charge < -0.3 is 5.32 Å². The minimum absolute atomic E-state index is 0.193. The quantitative estimate of drug-likeness (QED) is 0.195. The van der Waals surface area contributed by atoms with Gasteiger partial charge in [0.2, 0.25) is 5.91 Å². The van der Waals surface area contributed by atoms with E-state index in [2.05, 4.69) is 80.8 Å². The summed E-state index contributed by atoms with van der Waals surface area (Å²) in [6.07, 6.45) is 11.7. The molecule has 2 rings (SSSR count). The van der Waals surface area contributed by atoms with E-state index in [-0.39, 0.29) is 11.8 Å². The van der Waals surface area contributed by atoms with Gasteiger partial charge in [-0.3, -0.25) is 4.79 Å². The van der Waals surface area contributed by atoms with Gasteiger partial charge in [0.25, 0.3) is 0 Å². The Morgan fingerprint density at radius 3 is 2.00 bits per heavy atom. The van der Waals surface area contributed by atoms with Crippen LogP contribution in [0.1, 0.15) is 87.3 Å². The zero-order valence-corrected chi connectivity index (χ0v) is 22.7. The largest absolute Gasteiger partial charge is 0.355 e. The van der Waals surface area contributed by atoms with E-state index in [1.165, 1.54) is 74.1 Å². The van der Waals surface area contributed by atoms with Crippen molar-refractivity contribution >= 4 is 14.0 Å². The summed E-state index contributed by atoms with van der Waals surface area (Å²) >= 11 is 0. The van der Waals surface area contributed by atoms with Gasteiger partial charge in [0, 0.05) is 27.0 Å². The molecule has 1 atom stereocenters. The van der Waals surface area contributed by atoms with Crippen molar-refractivity contribution in [3.8, 4) is 0 Å². The van der Waals surface area contributed by atoms with Crippen molar-refractivity contribution < 1.29 is 4.79 Å². The van der Waals surface area contributed by atoms with E-state index < -0.39 is 8.07 Å². The van der Waals surface area contributed by atoms with Crippen LogP contribution in [-0.4, -0.2) is 20.5 Å². The molecule has 0 aliphatic carbocycles. The molecule has 0 saturated heterocycles. The standard InChI is InChI=1S/C30H47NOSi/c1-5-6-7-8-9-10-11-15-23-33(3,4)24-22-30(32)31-25-29(27-16-13-12-14-17-27)28-20-18-26(2)19-21-28/h12-14,16-21,29H,5-11,15,22-25H2,1-4H3,(H,31,32). The van der Waals surface area contributed by atoms with E-state index in [1.54, 1.807) is 0 Å². The third kappa shape index (κ3) is 11.2. The number of carbonyl (C=O) groups excluding carboxylic acids is 1. The molecule has 2 aromatic rings. The van der Waals surface area contributed by atoms with Crippen LogP contribution in [0, 0.1) is 6.92 Å². The fourth-order valence-corrected chi connectivity index (χ4v) is 6.89. The van der Waals surface area contributed by atoms with Crippen molar-refractivity contribution in [3.63, 3.8) is 0 Å². The van der Waals surface area contributed by atoms with Gasteiger partial charge in [-0.05, 0) is 24.1 Å². The molecule has 0 heterocycles. The van der Waals surface area contributed by atoms with Crippen molar-refractivity contribution in [2.24, 2.45) is 0 Å². The summed E-state index contributed by atoms with van der Waals surface area (Å²) < 4.78 is 0. The molecular weight excluding hydrogens is 418 g/mol. The molecular formula is C30H47NOSi. The molecule has 0 bridgehead atoms. The molecule has 0 aliphatic heterocycles. The minimum Gasteiger partial charge on any atom is -0.355 e. The first-order valence-electron chi connectivity index (χ1n) is 13.3. The molecule has 0 radical (unpaired) electrons. The maximum Gasteiger partial charge on any atom is 0.219 e. The summed E-state index contributed by atoms with van der Waals surface area (Å²) in [5.74, 6) is 0.401. The number of nitrogens with one attached hydrogen (secondary N) is 1. The maximum atomic E-state index is 12.7. The number of benzene rings is 2. The average molecular weight is 466 g/mol. The summed E-state index contributed by atoms with van der Waals surface area (Å²) in [6, 6.07) is 21.7. The summed E-state index contributed by atoms with van der Waals surface area (Å²) in [7, 11) is -1.30. The first-order valence-corrected chi connectivity index (χ1v) is 16.7. The normalized spacial score (nSPS) is 12.5. The second-order valence-electron chi connectivity index (χ2n) is 10.6. The molecule has 1 unspecified atom stereocenters. The molecule has 1 N–H and O–H groups in total. The predicted molar refractivity (Wildman–Crippen MR) is 147 cm³/mol. The first-order chi connectivity index (χ1) is 15.9. The molecule has 2 nitrogen and oxygen atoms in total. The highest BCUT2D eigenvalue weighted by molar-refractivity contribution is 6.77. The van der Waals surface area contributed by atoms with Crippen LogP contribution in [-0.2, 0) is 4.79 Å². The third-order valence-corrected chi connectivity index (χ3v) is 10.2. The third-order valence-electron chi connectivity index (χ3n) is 6.92. The first kappa shape index (κ1) is 27.4. The van der Waals surface area contributed by atoms with Crippen LogP contribution in [0.5, 0.6) is 0 Å². The van der Waals surface area contributed by atoms with Crippen molar-refractivity contribution in [2.75, 3.05) is 6.54 Å². The fourth-order valence-electron chi connectivity index (χ4n) is 4.53. The lowest BCUT2D eigenvalue weighted by molar-refractivity contribution is -0.120. The van der Waals surface area contributed by atoms with E-state index in [4.69, 9.17) is 0 Å². The number of hydrogen-bond acceptors (Lipinski definition) is 1. The zero-order chi connectivity index (χ0) is 23.9. The van der Waals surface area contributed by atoms with Crippen LogP contribution in [0.25, 0.3) is 0 Å². The molecule has 1 amide bonds. The molecule has 33 heavy (non-hydrogen) atoms. The average Bonchev–Trinajstić information content (AvgIpc) is 2.81. The Labute approximate surface area is 204 Å². The van der Waals surface area contributed by atoms with E-state index in [0.717, 1.165) is 6.04 Å². The van der Waals surface area contributed by atoms with Gasteiger partial charge in [0.05, 0.1) is 0 Å². The fraction of sp³-hybridized carbons (Fsp3) is 0.567. The van der Waals surface area contributed by atoms with Gasteiger partial charge in [-0.2, -0.15) is 0 Å². The number of rotatable bonds is 16. The second-order valence-corrected chi connectivity index (χ2v) is 15.9. The highest BCUT2D eigenvalue weighted by atomic mass is 28.3. The molecule has 182 valence electrons. The molecule has 0 saturated carbocycles. The number of unbranched alkanes of at least 4 members (excludes halogenated alkanes) is 7. The van der Waals surface area contributed by atoms with Crippen molar-refractivity contribution in [3.05, 3.63) is 71.3 Å². The van der Waals surface area contributed by atoms with Crippen LogP contribution in [0.3, 0.4) is 0 Å². The van der Waals surface area contributed by atoms with Crippen LogP contribution in [0.4, 0.5) is 0 Å². The van der Waals surface area contributed by atoms with Crippen molar-refractivity contribution in [1.29, 1.82) is 0 Å². The lowest BCUT2D eigenvalue weighted by atomic mass is 9.90. The summed E-state index contributed by atoms with van der Waals surface area (Å²) in [4.78, 5) is 12.7. The van der Waals surface area contributed by atoms with Crippen LogP contribution in [0.2, 0.25) is 25.2 Å². The van der Waals surface area contributed by atoms with E-state index in [9.17, 15) is 4.79 Å². The zero-order valence-electron chi connectivity index (χ0n) is 21.7. The summed E-state index contributed by atoms with van der Waals surface area (Å²) in [6.45, 7) is 9.97. The van der Waals surface area contributed by atoms with Crippen LogP contribution in [0.15, 0.2) is 54.6 Å². The highest BCUT2D eigenvalue weighted by Gasteiger charge is 2.22. The van der Waals surface area contributed by atoms with E-state index >= 15 is 0 Å². The Balaban J connectivity index is 1.75. The second kappa shape index (κ2) is 15.1. The van der Waals surface area contributed by atoms with Crippen molar-refractivity contribution in [1.82, 2.24) is 5.32 Å². The molecule has 0 aromatic heterocycles.